The van der Waals surface area contributed by atoms with Gasteiger partial charge in [-0.2, -0.15) is 0 Å². The van der Waals surface area contributed by atoms with Crippen molar-refractivity contribution in [3.63, 3.8) is 0 Å². The molecule has 0 bridgehead atoms. The number of hydrogen-bond donors (Lipinski definition) is 2. The zero-order valence-corrected chi connectivity index (χ0v) is 12.6. The van der Waals surface area contributed by atoms with E-state index in [0.29, 0.717) is 5.92 Å². The predicted octanol–water partition coefficient (Wildman–Crippen LogP) is 3.75. The second kappa shape index (κ2) is 7.64. The molecule has 2 rings (SSSR count). The van der Waals surface area contributed by atoms with E-state index in [4.69, 9.17) is 0 Å². The van der Waals surface area contributed by atoms with E-state index in [0.717, 1.165) is 18.3 Å². The van der Waals surface area contributed by atoms with Gasteiger partial charge in [0.05, 0.1) is 6.10 Å². The summed E-state index contributed by atoms with van der Waals surface area (Å²) in [5.74, 6) is 2.47. The Morgan fingerprint density at radius 3 is 2.58 bits per heavy atom. The molecule has 2 aliphatic carbocycles. The van der Waals surface area contributed by atoms with Gasteiger partial charge in [0, 0.05) is 12.5 Å². The summed E-state index contributed by atoms with van der Waals surface area (Å²) in [4.78, 5) is 0. The maximum absolute atomic E-state index is 10.0. The average Bonchev–Trinajstić information content (AvgIpc) is 2.43. The third kappa shape index (κ3) is 3.95. The summed E-state index contributed by atoms with van der Waals surface area (Å²) < 4.78 is 0. The number of unbranched alkanes of at least 4 members (excludes halogenated alkanes) is 3. The molecule has 0 aromatic rings. The fraction of sp³-hybridized carbons (Fsp3) is 1.00. The third-order valence-corrected chi connectivity index (χ3v) is 5.70. The van der Waals surface area contributed by atoms with Gasteiger partial charge in [-0.25, -0.2) is 0 Å². The summed E-state index contributed by atoms with van der Waals surface area (Å²) in [6.07, 6.45) is 12.7. The summed E-state index contributed by atoms with van der Waals surface area (Å²) in [5, 5.41) is 19.5. The van der Waals surface area contributed by atoms with E-state index < -0.39 is 0 Å². The maximum Gasteiger partial charge on any atom is 0.0593 e. The van der Waals surface area contributed by atoms with Crippen LogP contribution in [-0.2, 0) is 0 Å². The molecule has 0 saturated heterocycles. The van der Waals surface area contributed by atoms with Crippen molar-refractivity contribution >= 4 is 0 Å². The van der Waals surface area contributed by atoms with E-state index in [1.54, 1.807) is 0 Å². The Morgan fingerprint density at radius 2 is 1.84 bits per heavy atom. The minimum absolute atomic E-state index is 0.166. The Bertz CT molecular complexity index is 254. The molecule has 5 atom stereocenters. The van der Waals surface area contributed by atoms with Crippen LogP contribution in [0, 0.1) is 23.7 Å². The van der Waals surface area contributed by atoms with Crippen LogP contribution in [0.5, 0.6) is 0 Å². The highest BCUT2D eigenvalue weighted by Gasteiger charge is 2.41. The van der Waals surface area contributed by atoms with E-state index in [1.807, 2.05) is 0 Å². The van der Waals surface area contributed by atoms with Gasteiger partial charge in [-0.05, 0) is 43.4 Å². The van der Waals surface area contributed by atoms with Crippen LogP contribution in [0.1, 0.15) is 71.1 Å². The first-order chi connectivity index (χ1) is 9.26. The van der Waals surface area contributed by atoms with Crippen molar-refractivity contribution in [1.29, 1.82) is 0 Å². The maximum atomic E-state index is 10.0. The van der Waals surface area contributed by atoms with Gasteiger partial charge >= 0.3 is 0 Å². The van der Waals surface area contributed by atoms with Crippen molar-refractivity contribution in [2.75, 3.05) is 6.61 Å². The molecule has 2 unspecified atom stereocenters. The van der Waals surface area contributed by atoms with Crippen molar-refractivity contribution in [3.8, 4) is 0 Å². The minimum Gasteiger partial charge on any atom is -0.396 e. The highest BCUT2D eigenvalue weighted by molar-refractivity contribution is 4.91. The van der Waals surface area contributed by atoms with Crippen molar-refractivity contribution in [3.05, 3.63) is 0 Å². The van der Waals surface area contributed by atoms with E-state index in [9.17, 15) is 10.2 Å². The van der Waals surface area contributed by atoms with Gasteiger partial charge in [-0.3, -0.25) is 0 Å². The highest BCUT2D eigenvalue weighted by Crippen LogP contribution is 2.46. The van der Waals surface area contributed by atoms with E-state index in [2.05, 4.69) is 6.92 Å². The molecule has 2 saturated carbocycles. The van der Waals surface area contributed by atoms with Gasteiger partial charge in [0.25, 0.3) is 0 Å². The van der Waals surface area contributed by atoms with Gasteiger partial charge in [0.1, 0.15) is 0 Å². The molecule has 0 amide bonds. The molecule has 112 valence electrons. The van der Waals surface area contributed by atoms with Gasteiger partial charge < -0.3 is 10.2 Å². The molecule has 0 aliphatic heterocycles. The molecule has 0 spiro atoms. The molecular weight excluding hydrogens is 236 g/mol. The topological polar surface area (TPSA) is 40.5 Å². The normalized spacial score (nSPS) is 39.0. The molecule has 2 N–H and O–H groups in total. The lowest BCUT2D eigenvalue weighted by molar-refractivity contribution is -0.0485. The summed E-state index contributed by atoms with van der Waals surface area (Å²) in [6.45, 7) is 2.46. The lowest BCUT2D eigenvalue weighted by Crippen LogP contribution is -2.42. The third-order valence-electron chi connectivity index (χ3n) is 5.70. The van der Waals surface area contributed by atoms with Gasteiger partial charge in [-0.1, -0.05) is 45.4 Å². The van der Waals surface area contributed by atoms with Crippen molar-refractivity contribution in [2.24, 2.45) is 23.7 Å². The molecular formula is C17H32O2. The first-order valence-electron chi connectivity index (χ1n) is 8.55. The monoisotopic (exact) mass is 268 g/mol. The quantitative estimate of drug-likeness (QED) is 0.720. The molecule has 0 aromatic carbocycles. The summed E-state index contributed by atoms with van der Waals surface area (Å²) in [7, 11) is 0. The Balaban J connectivity index is 1.77. The lowest BCUT2D eigenvalue weighted by Gasteiger charge is -2.45. The van der Waals surface area contributed by atoms with E-state index in [-0.39, 0.29) is 18.6 Å². The minimum atomic E-state index is -0.243. The summed E-state index contributed by atoms with van der Waals surface area (Å²) >= 11 is 0. The van der Waals surface area contributed by atoms with Crippen LogP contribution in [0.25, 0.3) is 0 Å². The second-order valence-corrected chi connectivity index (χ2v) is 6.94. The molecule has 0 heterocycles. The van der Waals surface area contributed by atoms with Crippen LogP contribution in [-0.4, -0.2) is 22.9 Å². The zero-order chi connectivity index (χ0) is 13.7. The molecule has 19 heavy (non-hydrogen) atoms. The van der Waals surface area contributed by atoms with Crippen LogP contribution in [0.15, 0.2) is 0 Å². The number of aliphatic hydroxyl groups excluding tert-OH is 2. The van der Waals surface area contributed by atoms with Crippen molar-refractivity contribution < 1.29 is 10.2 Å². The average molecular weight is 268 g/mol. The second-order valence-electron chi connectivity index (χ2n) is 6.94. The fourth-order valence-corrected chi connectivity index (χ4v) is 4.54. The van der Waals surface area contributed by atoms with Crippen LogP contribution in [0.3, 0.4) is 0 Å². The van der Waals surface area contributed by atoms with Gasteiger partial charge in [-0.15, -0.1) is 0 Å². The number of aliphatic hydroxyl groups is 2. The highest BCUT2D eigenvalue weighted by atomic mass is 16.3. The van der Waals surface area contributed by atoms with E-state index in [1.165, 1.54) is 57.8 Å². The van der Waals surface area contributed by atoms with Crippen LogP contribution in [0.2, 0.25) is 0 Å². The Hall–Kier alpha value is -0.0800. The molecule has 0 aromatic heterocycles. The smallest absolute Gasteiger partial charge is 0.0593 e. The number of fused-ring (bicyclic) bond motifs is 1. The van der Waals surface area contributed by atoms with Gasteiger partial charge in [0.2, 0.25) is 0 Å². The SMILES string of the molecule is CCCCCC[C@@H]1CCC2C(CO)[C@@H](O)CC[C@@H]2C1. The standard InChI is InChI=1S/C17H32O2/c1-2-3-4-5-6-13-7-9-15-14(11-13)8-10-17(19)16(15)12-18/h13-19H,2-12H2,1H3/t13-,14-,15?,16?,17+/m1/s1. The van der Waals surface area contributed by atoms with Gasteiger partial charge in [0.15, 0.2) is 0 Å². The van der Waals surface area contributed by atoms with E-state index >= 15 is 0 Å². The molecule has 2 heteroatoms. The predicted molar refractivity (Wildman–Crippen MR) is 78.9 cm³/mol. The molecule has 2 fully saturated rings. The Kier molecular flexibility index (Phi) is 6.15. The molecule has 0 radical (unpaired) electrons. The first-order valence-corrected chi connectivity index (χ1v) is 8.55. The van der Waals surface area contributed by atoms with Crippen molar-refractivity contribution in [1.82, 2.24) is 0 Å². The Labute approximate surface area is 118 Å². The molecule has 2 nitrogen and oxygen atoms in total. The fourth-order valence-electron chi connectivity index (χ4n) is 4.54. The summed E-state index contributed by atoms with van der Waals surface area (Å²) in [5.41, 5.74) is 0. The molecule has 2 aliphatic rings. The van der Waals surface area contributed by atoms with Crippen LogP contribution in [0.4, 0.5) is 0 Å². The largest absolute Gasteiger partial charge is 0.396 e. The van der Waals surface area contributed by atoms with Crippen LogP contribution < -0.4 is 0 Å². The first kappa shape index (κ1) is 15.3. The lowest BCUT2D eigenvalue weighted by atomic mass is 9.62. The van der Waals surface area contributed by atoms with Crippen molar-refractivity contribution in [2.45, 2.75) is 77.2 Å². The number of hydrogen-bond acceptors (Lipinski definition) is 2. The number of rotatable bonds is 6. The van der Waals surface area contributed by atoms with Crippen LogP contribution >= 0.6 is 0 Å². The summed E-state index contributed by atoms with van der Waals surface area (Å²) in [6, 6.07) is 0. The Morgan fingerprint density at radius 1 is 1.00 bits per heavy atom. The zero-order valence-electron chi connectivity index (χ0n) is 12.6.